The zero-order chi connectivity index (χ0) is 18.4. The minimum atomic E-state index is -0.111. The molecule has 5 nitrogen and oxygen atoms in total. The lowest BCUT2D eigenvalue weighted by Crippen LogP contribution is -2.04. The summed E-state index contributed by atoms with van der Waals surface area (Å²) in [5.74, 6) is 1.83. The molecule has 2 aromatic carbocycles. The zero-order valence-electron chi connectivity index (χ0n) is 15.0. The standard InChI is InChI=1S/C20H23NO4/c1-5-25-19-8-6-14(12-17(19)21)20(22)13(2)10-15-11-16(23-3)7-9-18(15)24-4/h6-12H,5,21H2,1-4H3. The summed E-state index contributed by atoms with van der Waals surface area (Å²) in [5, 5.41) is 0. The molecule has 0 aliphatic carbocycles. The number of hydrogen-bond donors (Lipinski definition) is 1. The fraction of sp³-hybridized carbons (Fsp3) is 0.250. The summed E-state index contributed by atoms with van der Waals surface area (Å²) in [6.07, 6.45) is 1.77. The highest BCUT2D eigenvalue weighted by molar-refractivity contribution is 6.11. The van der Waals surface area contributed by atoms with Gasteiger partial charge in [0.05, 0.1) is 26.5 Å². The van der Waals surface area contributed by atoms with Crippen LogP contribution in [0.1, 0.15) is 29.8 Å². The molecule has 25 heavy (non-hydrogen) atoms. The van der Waals surface area contributed by atoms with Gasteiger partial charge in [-0.2, -0.15) is 0 Å². The molecule has 0 atom stereocenters. The average Bonchev–Trinajstić information content (AvgIpc) is 2.62. The molecule has 0 heterocycles. The van der Waals surface area contributed by atoms with Crippen LogP contribution in [0.15, 0.2) is 42.0 Å². The number of ketones is 1. The number of anilines is 1. The maximum absolute atomic E-state index is 12.7. The Labute approximate surface area is 148 Å². The predicted molar refractivity (Wildman–Crippen MR) is 99.6 cm³/mol. The third-order valence-corrected chi connectivity index (χ3v) is 3.74. The van der Waals surface area contributed by atoms with Crippen molar-refractivity contribution >= 4 is 17.5 Å². The molecule has 132 valence electrons. The first-order valence-corrected chi connectivity index (χ1v) is 7.97. The molecule has 0 unspecified atom stereocenters. The molecule has 0 saturated heterocycles. The molecule has 0 spiro atoms. The van der Waals surface area contributed by atoms with Gasteiger partial charge < -0.3 is 19.9 Å². The van der Waals surface area contributed by atoms with Crippen LogP contribution in [0, 0.1) is 0 Å². The Morgan fingerprint density at radius 2 is 1.80 bits per heavy atom. The van der Waals surface area contributed by atoms with Crippen molar-refractivity contribution in [3.63, 3.8) is 0 Å². The minimum Gasteiger partial charge on any atom is -0.497 e. The lowest BCUT2D eigenvalue weighted by atomic mass is 10.0. The first-order valence-electron chi connectivity index (χ1n) is 7.97. The van der Waals surface area contributed by atoms with E-state index in [1.54, 1.807) is 57.6 Å². The van der Waals surface area contributed by atoms with Gasteiger partial charge in [0.25, 0.3) is 0 Å². The Balaban J connectivity index is 2.33. The van der Waals surface area contributed by atoms with Crippen LogP contribution in [0.2, 0.25) is 0 Å². The van der Waals surface area contributed by atoms with Gasteiger partial charge in [0.2, 0.25) is 0 Å². The van der Waals surface area contributed by atoms with Crippen LogP contribution in [0.5, 0.6) is 17.2 Å². The van der Waals surface area contributed by atoms with Crippen molar-refractivity contribution in [2.24, 2.45) is 0 Å². The summed E-state index contributed by atoms with van der Waals surface area (Å²) >= 11 is 0. The molecule has 2 rings (SSSR count). The monoisotopic (exact) mass is 341 g/mol. The number of methoxy groups -OCH3 is 2. The van der Waals surface area contributed by atoms with E-state index in [2.05, 4.69) is 0 Å². The third-order valence-electron chi connectivity index (χ3n) is 3.74. The third kappa shape index (κ3) is 4.32. The van der Waals surface area contributed by atoms with E-state index in [4.69, 9.17) is 19.9 Å². The van der Waals surface area contributed by atoms with Crippen LogP contribution in [0.3, 0.4) is 0 Å². The van der Waals surface area contributed by atoms with Gasteiger partial charge in [0.15, 0.2) is 5.78 Å². The van der Waals surface area contributed by atoms with E-state index in [1.165, 1.54) is 0 Å². The van der Waals surface area contributed by atoms with E-state index < -0.39 is 0 Å². The van der Waals surface area contributed by atoms with E-state index in [9.17, 15) is 4.79 Å². The molecular formula is C20H23NO4. The molecule has 0 aromatic heterocycles. The van der Waals surface area contributed by atoms with Crippen LogP contribution in [-0.4, -0.2) is 26.6 Å². The number of hydrogen-bond acceptors (Lipinski definition) is 5. The van der Waals surface area contributed by atoms with E-state index in [0.717, 1.165) is 5.56 Å². The van der Waals surface area contributed by atoms with Gasteiger partial charge in [-0.1, -0.05) is 0 Å². The summed E-state index contributed by atoms with van der Waals surface area (Å²) in [6.45, 7) is 4.16. The normalized spacial score (nSPS) is 11.1. The van der Waals surface area contributed by atoms with Gasteiger partial charge in [0.1, 0.15) is 17.2 Å². The smallest absolute Gasteiger partial charge is 0.188 e. The fourth-order valence-corrected chi connectivity index (χ4v) is 2.46. The Bertz CT molecular complexity index is 796. The molecule has 0 aliphatic heterocycles. The van der Waals surface area contributed by atoms with Crippen molar-refractivity contribution in [1.29, 1.82) is 0 Å². The van der Waals surface area contributed by atoms with Gasteiger partial charge in [0, 0.05) is 11.1 Å². The van der Waals surface area contributed by atoms with Crippen LogP contribution in [-0.2, 0) is 0 Å². The maximum atomic E-state index is 12.7. The lowest BCUT2D eigenvalue weighted by Gasteiger charge is -2.10. The highest BCUT2D eigenvalue weighted by atomic mass is 16.5. The molecule has 0 saturated carbocycles. The molecule has 0 radical (unpaired) electrons. The predicted octanol–water partition coefficient (Wildman–Crippen LogP) is 3.97. The topological polar surface area (TPSA) is 70.8 Å². The van der Waals surface area contributed by atoms with Crippen molar-refractivity contribution < 1.29 is 19.0 Å². The Hall–Kier alpha value is -2.95. The van der Waals surface area contributed by atoms with E-state index >= 15 is 0 Å². The summed E-state index contributed by atoms with van der Waals surface area (Å²) < 4.78 is 16.0. The van der Waals surface area contributed by atoms with Crippen molar-refractivity contribution in [2.45, 2.75) is 13.8 Å². The van der Waals surface area contributed by atoms with Crippen LogP contribution < -0.4 is 19.9 Å². The maximum Gasteiger partial charge on any atom is 0.188 e. The van der Waals surface area contributed by atoms with Gasteiger partial charge >= 0.3 is 0 Å². The summed E-state index contributed by atoms with van der Waals surface area (Å²) in [4.78, 5) is 12.7. The number of ether oxygens (including phenoxy) is 3. The number of benzene rings is 2. The minimum absolute atomic E-state index is 0.111. The first kappa shape index (κ1) is 18.4. The molecule has 5 heteroatoms. The van der Waals surface area contributed by atoms with Crippen LogP contribution >= 0.6 is 0 Å². The highest BCUT2D eigenvalue weighted by Crippen LogP contribution is 2.28. The molecule has 2 N–H and O–H groups in total. The lowest BCUT2D eigenvalue weighted by molar-refractivity contribution is 0.103. The van der Waals surface area contributed by atoms with E-state index in [-0.39, 0.29) is 5.78 Å². The van der Waals surface area contributed by atoms with Crippen LogP contribution in [0.4, 0.5) is 5.69 Å². The number of rotatable bonds is 7. The molecule has 0 aliphatic rings. The van der Waals surface area contributed by atoms with Crippen molar-refractivity contribution in [3.05, 3.63) is 53.1 Å². The SMILES string of the molecule is CCOc1ccc(C(=O)C(C)=Cc2cc(OC)ccc2OC)cc1N. The largest absolute Gasteiger partial charge is 0.497 e. The Morgan fingerprint density at radius 3 is 2.40 bits per heavy atom. The molecule has 2 aromatic rings. The van der Waals surface area contributed by atoms with Gasteiger partial charge in [-0.05, 0) is 61.9 Å². The number of carbonyl (C=O) groups is 1. The second-order valence-corrected chi connectivity index (χ2v) is 5.45. The Morgan fingerprint density at radius 1 is 1.08 bits per heavy atom. The van der Waals surface area contributed by atoms with Crippen molar-refractivity contribution in [3.8, 4) is 17.2 Å². The zero-order valence-corrected chi connectivity index (χ0v) is 15.0. The summed E-state index contributed by atoms with van der Waals surface area (Å²) in [5.41, 5.74) is 8.24. The summed E-state index contributed by atoms with van der Waals surface area (Å²) in [6, 6.07) is 10.5. The van der Waals surface area contributed by atoms with Gasteiger partial charge in [-0.15, -0.1) is 0 Å². The molecule has 0 amide bonds. The van der Waals surface area contributed by atoms with Gasteiger partial charge in [-0.25, -0.2) is 0 Å². The Kier molecular flexibility index (Phi) is 6.06. The van der Waals surface area contributed by atoms with E-state index in [1.807, 2.05) is 13.0 Å². The van der Waals surface area contributed by atoms with Crippen LogP contribution in [0.25, 0.3) is 6.08 Å². The average molecular weight is 341 g/mol. The number of nitrogens with two attached hydrogens (primary N) is 1. The summed E-state index contributed by atoms with van der Waals surface area (Å²) in [7, 11) is 3.18. The number of Topliss-reactive ketones (excluding diaryl/α,β-unsaturated/α-hetero) is 1. The highest BCUT2D eigenvalue weighted by Gasteiger charge is 2.12. The fourth-order valence-electron chi connectivity index (χ4n) is 2.46. The van der Waals surface area contributed by atoms with Crippen molar-refractivity contribution in [1.82, 2.24) is 0 Å². The van der Waals surface area contributed by atoms with E-state index in [0.29, 0.717) is 40.7 Å². The molecule has 0 bridgehead atoms. The first-order chi connectivity index (χ1) is 12.0. The second-order valence-electron chi connectivity index (χ2n) is 5.45. The molecule has 0 fully saturated rings. The quantitative estimate of drug-likeness (QED) is 0.469. The number of allylic oxidation sites excluding steroid dienone is 1. The number of nitrogen functional groups attached to an aromatic ring is 1. The molecular weight excluding hydrogens is 318 g/mol. The van der Waals surface area contributed by atoms with Gasteiger partial charge in [-0.3, -0.25) is 4.79 Å². The second kappa shape index (κ2) is 8.24. The van der Waals surface area contributed by atoms with Crippen molar-refractivity contribution in [2.75, 3.05) is 26.6 Å². The number of carbonyl (C=O) groups excluding carboxylic acids is 1.